The van der Waals surface area contributed by atoms with Crippen LogP contribution in [0.25, 0.3) is 0 Å². The van der Waals surface area contributed by atoms with Crippen LogP contribution in [0.4, 0.5) is 0 Å². The summed E-state index contributed by atoms with van der Waals surface area (Å²) in [5.41, 5.74) is 0.491. The van der Waals surface area contributed by atoms with E-state index in [2.05, 4.69) is 21.8 Å². The van der Waals surface area contributed by atoms with Crippen LogP contribution in [0.2, 0.25) is 0 Å². The van der Waals surface area contributed by atoms with Gasteiger partial charge in [0.15, 0.2) is 0 Å². The fourth-order valence-corrected chi connectivity index (χ4v) is 0.672. The maximum absolute atomic E-state index is 10.1. The van der Waals surface area contributed by atoms with E-state index < -0.39 is 5.97 Å². The quantitative estimate of drug-likeness (QED) is 0.633. The third-order valence-corrected chi connectivity index (χ3v) is 1.22. The monoisotopic (exact) mass is 187 g/mol. The zero-order valence-corrected chi connectivity index (χ0v) is 7.06. The van der Waals surface area contributed by atoms with E-state index in [1.807, 2.05) is 0 Å². The Kier molecular flexibility index (Phi) is 3.17. The molecule has 1 aromatic heterocycles. The first kappa shape index (κ1) is 9.69. The molecule has 68 valence electrons. The van der Waals surface area contributed by atoms with Crippen LogP contribution in [0, 0.1) is 23.2 Å². The molecule has 0 aliphatic carbocycles. The second-order valence-electron chi connectivity index (χ2n) is 2.28. The van der Waals surface area contributed by atoms with E-state index in [4.69, 9.17) is 10.4 Å². The molecule has 5 nitrogen and oxygen atoms in total. The molecule has 0 radical (unpaired) electrons. The van der Waals surface area contributed by atoms with Crippen molar-refractivity contribution in [3.8, 4) is 17.9 Å². The van der Waals surface area contributed by atoms with E-state index in [0.29, 0.717) is 5.56 Å². The van der Waals surface area contributed by atoms with Crippen LogP contribution in [-0.2, 0) is 4.79 Å². The van der Waals surface area contributed by atoms with Crippen molar-refractivity contribution in [3.05, 3.63) is 23.8 Å². The van der Waals surface area contributed by atoms with Crippen LogP contribution in [0.1, 0.15) is 17.8 Å². The van der Waals surface area contributed by atoms with Gasteiger partial charge in [-0.3, -0.25) is 4.79 Å². The van der Waals surface area contributed by atoms with Gasteiger partial charge in [0.1, 0.15) is 12.5 Å². The smallest absolute Gasteiger partial charge is 0.315 e. The van der Waals surface area contributed by atoms with E-state index in [9.17, 15) is 4.79 Å². The van der Waals surface area contributed by atoms with E-state index in [1.165, 1.54) is 12.4 Å². The van der Waals surface area contributed by atoms with Crippen molar-refractivity contribution in [1.82, 2.24) is 9.97 Å². The number of carboxylic acids is 1. The minimum absolute atomic E-state index is 0.0637. The molecule has 0 unspecified atom stereocenters. The van der Waals surface area contributed by atoms with Gasteiger partial charge in [-0.1, -0.05) is 11.8 Å². The topological polar surface area (TPSA) is 86.9 Å². The lowest BCUT2D eigenvalue weighted by atomic mass is 10.3. The molecule has 1 heterocycles. The number of aliphatic carboxylic acids is 1. The Morgan fingerprint density at radius 3 is 2.64 bits per heavy atom. The van der Waals surface area contributed by atoms with Crippen molar-refractivity contribution in [2.45, 2.75) is 6.42 Å². The normalized spacial score (nSPS) is 8.21. The highest BCUT2D eigenvalue weighted by Gasteiger charge is 1.93. The van der Waals surface area contributed by atoms with Gasteiger partial charge < -0.3 is 5.11 Å². The molecule has 0 amide bonds. The molecule has 0 bridgehead atoms. The number of aromatic nitrogens is 2. The van der Waals surface area contributed by atoms with Gasteiger partial charge in [-0.15, -0.1) is 0 Å². The first-order chi connectivity index (χ1) is 6.72. The first-order valence-electron chi connectivity index (χ1n) is 3.65. The minimum atomic E-state index is -0.980. The van der Waals surface area contributed by atoms with E-state index in [1.54, 1.807) is 6.07 Å². The van der Waals surface area contributed by atoms with Gasteiger partial charge in [0.25, 0.3) is 0 Å². The molecule has 0 aromatic carbocycles. The third-order valence-electron chi connectivity index (χ3n) is 1.22. The Bertz CT molecular complexity index is 434. The standard InChI is InChI=1S/C9H5N3O2/c10-4-8-11-5-7(6-12-8)2-1-3-9(13)14/h5-6H,3H2,(H,13,14). The molecule has 0 spiro atoms. The lowest BCUT2D eigenvalue weighted by Crippen LogP contribution is -1.91. The summed E-state index contributed by atoms with van der Waals surface area (Å²) in [5, 5.41) is 16.7. The zero-order chi connectivity index (χ0) is 10.4. The van der Waals surface area contributed by atoms with Crippen molar-refractivity contribution in [3.63, 3.8) is 0 Å². The number of nitrogens with zero attached hydrogens (tertiary/aromatic N) is 3. The highest BCUT2D eigenvalue weighted by molar-refractivity contribution is 5.70. The number of carbonyl (C=O) groups is 1. The number of nitriles is 1. The number of hydrogen-bond acceptors (Lipinski definition) is 4. The van der Waals surface area contributed by atoms with E-state index in [0.717, 1.165) is 0 Å². The Labute approximate surface area is 80.0 Å². The lowest BCUT2D eigenvalue weighted by Gasteiger charge is -1.87. The maximum Gasteiger partial charge on any atom is 0.315 e. The molecule has 1 N–H and O–H groups in total. The van der Waals surface area contributed by atoms with Gasteiger partial charge in [-0.25, -0.2) is 9.97 Å². The summed E-state index contributed by atoms with van der Waals surface area (Å²) < 4.78 is 0. The second-order valence-corrected chi connectivity index (χ2v) is 2.28. The molecule has 0 saturated carbocycles. The molecule has 1 aromatic rings. The predicted octanol–water partition coefficient (Wildman–Crippen LogP) is 0.174. The Balaban J connectivity index is 2.73. The molecule has 0 saturated heterocycles. The van der Waals surface area contributed by atoms with Crippen LogP contribution in [0.5, 0.6) is 0 Å². The molecule has 14 heavy (non-hydrogen) atoms. The first-order valence-corrected chi connectivity index (χ1v) is 3.65. The molecular formula is C9H5N3O2. The average molecular weight is 187 g/mol. The van der Waals surface area contributed by atoms with Crippen molar-refractivity contribution < 1.29 is 9.90 Å². The minimum Gasteiger partial charge on any atom is -0.481 e. The van der Waals surface area contributed by atoms with Crippen molar-refractivity contribution in [2.24, 2.45) is 0 Å². The van der Waals surface area contributed by atoms with Gasteiger partial charge in [-0.05, 0) is 0 Å². The maximum atomic E-state index is 10.1. The van der Waals surface area contributed by atoms with Crippen LogP contribution in [0.3, 0.4) is 0 Å². The van der Waals surface area contributed by atoms with Crippen LogP contribution >= 0.6 is 0 Å². The molecule has 0 aliphatic rings. The Hall–Kier alpha value is -2.40. The summed E-state index contributed by atoms with van der Waals surface area (Å²) in [7, 11) is 0. The van der Waals surface area contributed by atoms with Crippen molar-refractivity contribution >= 4 is 5.97 Å². The molecule has 0 fully saturated rings. The summed E-state index contributed by atoms with van der Waals surface area (Å²) in [6, 6.07) is 1.76. The number of rotatable bonds is 1. The number of hydrogen-bond donors (Lipinski definition) is 1. The van der Waals surface area contributed by atoms with Gasteiger partial charge >= 0.3 is 5.97 Å². The SMILES string of the molecule is N#Cc1ncc(C#CCC(=O)O)cn1. The predicted molar refractivity (Wildman–Crippen MR) is 45.9 cm³/mol. The second kappa shape index (κ2) is 4.58. The summed E-state index contributed by atoms with van der Waals surface area (Å²) in [6.07, 6.45) is 2.53. The molecule has 5 heteroatoms. The van der Waals surface area contributed by atoms with Gasteiger partial charge in [0, 0.05) is 12.4 Å². The van der Waals surface area contributed by atoms with Crippen molar-refractivity contribution in [1.29, 1.82) is 5.26 Å². The lowest BCUT2D eigenvalue weighted by molar-refractivity contribution is -0.135. The van der Waals surface area contributed by atoms with Gasteiger partial charge in [0.05, 0.1) is 5.56 Å². The highest BCUT2D eigenvalue weighted by Crippen LogP contribution is 1.92. The average Bonchev–Trinajstić information content (AvgIpc) is 2.18. The van der Waals surface area contributed by atoms with Gasteiger partial charge in [-0.2, -0.15) is 5.26 Å². The summed E-state index contributed by atoms with van der Waals surface area (Å²) in [6.45, 7) is 0. The Morgan fingerprint density at radius 1 is 1.50 bits per heavy atom. The van der Waals surface area contributed by atoms with Crippen LogP contribution < -0.4 is 0 Å². The molecule has 0 aliphatic heterocycles. The fraction of sp³-hybridized carbons (Fsp3) is 0.111. The molecular weight excluding hydrogens is 182 g/mol. The largest absolute Gasteiger partial charge is 0.481 e. The van der Waals surface area contributed by atoms with E-state index in [-0.39, 0.29) is 12.2 Å². The molecule has 1 rings (SSSR count). The fourth-order valence-electron chi connectivity index (χ4n) is 0.672. The van der Waals surface area contributed by atoms with Crippen molar-refractivity contribution in [2.75, 3.05) is 0 Å². The molecule has 0 atom stereocenters. The zero-order valence-electron chi connectivity index (χ0n) is 7.06. The van der Waals surface area contributed by atoms with Gasteiger partial charge in [0.2, 0.25) is 5.82 Å². The summed E-state index contributed by atoms with van der Waals surface area (Å²) in [5.74, 6) is 4.07. The summed E-state index contributed by atoms with van der Waals surface area (Å²) >= 11 is 0. The Morgan fingerprint density at radius 2 is 2.14 bits per heavy atom. The van der Waals surface area contributed by atoms with Crippen LogP contribution in [-0.4, -0.2) is 21.0 Å². The summed E-state index contributed by atoms with van der Waals surface area (Å²) in [4.78, 5) is 17.5. The third kappa shape index (κ3) is 2.92. The van der Waals surface area contributed by atoms with Crippen LogP contribution in [0.15, 0.2) is 12.4 Å². The number of carboxylic acid groups (broad SMARTS) is 1. The van der Waals surface area contributed by atoms with E-state index >= 15 is 0 Å². The highest BCUT2D eigenvalue weighted by atomic mass is 16.4.